The second-order valence-electron chi connectivity index (χ2n) is 8.44. The molecule has 2 nitrogen and oxygen atoms in total. The Morgan fingerprint density at radius 3 is 2.59 bits per heavy atom. The molecular formula is C20H29O2-. The lowest BCUT2D eigenvalue weighted by molar-refractivity contribution is -0.325. The average Bonchev–Trinajstić information content (AvgIpc) is 2.46. The molecule has 0 aliphatic heterocycles. The van der Waals surface area contributed by atoms with Crippen LogP contribution in [0.3, 0.4) is 0 Å². The lowest BCUT2D eigenvalue weighted by atomic mass is 9.48. The van der Waals surface area contributed by atoms with Crippen LogP contribution < -0.4 is 5.11 Å². The van der Waals surface area contributed by atoms with Crippen LogP contribution in [0.1, 0.15) is 72.6 Å². The Kier molecular flexibility index (Phi) is 3.78. The van der Waals surface area contributed by atoms with Crippen LogP contribution in [0.4, 0.5) is 0 Å². The van der Waals surface area contributed by atoms with Crippen molar-refractivity contribution in [1.82, 2.24) is 0 Å². The molecule has 3 atom stereocenters. The number of hydrogen-bond donors (Lipinski definition) is 0. The summed E-state index contributed by atoms with van der Waals surface area (Å²) in [6, 6.07) is 0. The van der Waals surface area contributed by atoms with E-state index in [1.54, 1.807) is 11.1 Å². The Balaban J connectivity index is 2.03. The molecule has 0 aromatic rings. The summed E-state index contributed by atoms with van der Waals surface area (Å²) in [5.74, 6) is 0.0348. The Bertz CT molecular complexity index is 554. The largest absolute Gasteiger partial charge is 0.550 e. The van der Waals surface area contributed by atoms with Gasteiger partial charge in [-0.1, -0.05) is 51.3 Å². The highest BCUT2D eigenvalue weighted by Crippen LogP contribution is 2.61. The Labute approximate surface area is 134 Å². The van der Waals surface area contributed by atoms with Gasteiger partial charge in [-0.25, -0.2) is 0 Å². The van der Waals surface area contributed by atoms with Crippen molar-refractivity contribution in [3.05, 3.63) is 22.8 Å². The van der Waals surface area contributed by atoms with Gasteiger partial charge in [-0.3, -0.25) is 0 Å². The van der Waals surface area contributed by atoms with Gasteiger partial charge in [-0.2, -0.15) is 0 Å². The smallest absolute Gasteiger partial charge is 0.0476 e. The molecule has 1 saturated carbocycles. The number of aliphatic carboxylic acids is 1. The van der Waals surface area contributed by atoms with Crippen LogP contribution in [-0.2, 0) is 4.79 Å². The molecule has 0 aromatic carbocycles. The van der Waals surface area contributed by atoms with Gasteiger partial charge in [0, 0.05) is 11.4 Å². The molecule has 0 radical (unpaired) electrons. The fourth-order valence-electron chi connectivity index (χ4n) is 5.56. The van der Waals surface area contributed by atoms with Crippen molar-refractivity contribution in [1.29, 1.82) is 0 Å². The van der Waals surface area contributed by atoms with Gasteiger partial charge in [-0.15, -0.1) is 0 Å². The molecule has 0 saturated heterocycles. The maximum atomic E-state index is 11.8. The third-order valence-corrected chi connectivity index (χ3v) is 6.94. The highest BCUT2D eigenvalue weighted by atomic mass is 16.4. The van der Waals surface area contributed by atoms with Gasteiger partial charge in [-0.05, 0) is 61.3 Å². The molecule has 0 bridgehead atoms. The molecule has 0 amide bonds. The van der Waals surface area contributed by atoms with Crippen molar-refractivity contribution in [2.75, 3.05) is 0 Å². The summed E-state index contributed by atoms with van der Waals surface area (Å²) in [4.78, 5) is 11.8. The maximum Gasteiger partial charge on any atom is 0.0476 e. The van der Waals surface area contributed by atoms with Gasteiger partial charge in [0.15, 0.2) is 0 Å². The second kappa shape index (κ2) is 5.25. The third kappa shape index (κ3) is 2.18. The summed E-state index contributed by atoms with van der Waals surface area (Å²) in [6.07, 6.45) is 9.72. The molecule has 0 heterocycles. The molecule has 22 heavy (non-hydrogen) atoms. The topological polar surface area (TPSA) is 40.1 Å². The third-order valence-electron chi connectivity index (χ3n) is 6.94. The van der Waals surface area contributed by atoms with Crippen LogP contribution in [-0.4, -0.2) is 5.97 Å². The summed E-state index contributed by atoms with van der Waals surface area (Å²) in [5, 5.41) is 11.8. The van der Waals surface area contributed by atoms with Crippen molar-refractivity contribution in [2.24, 2.45) is 22.7 Å². The number of carboxylic acid groups (broad SMARTS) is 1. The molecular weight excluding hydrogens is 272 g/mol. The molecule has 0 aromatic heterocycles. The molecule has 0 spiro atoms. The van der Waals surface area contributed by atoms with Crippen LogP contribution in [0.25, 0.3) is 0 Å². The molecule has 1 fully saturated rings. The van der Waals surface area contributed by atoms with E-state index in [1.807, 2.05) is 6.92 Å². The summed E-state index contributed by atoms with van der Waals surface area (Å²) in [5.41, 5.74) is 4.09. The predicted molar refractivity (Wildman–Crippen MR) is 87.0 cm³/mol. The first kappa shape index (κ1) is 15.8. The Hall–Kier alpha value is -1.05. The maximum absolute atomic E-state index is 11.8. The highest BCUT2D eigenvalue weighted by Gasteiger charge is 2.53. The fourth-order valence-corrected chi connectivity index (χ4v) is 5.56. The zero-order chi connectivity index (χ0) is 16.1. The number of rotatable bonds is 2. The van der Waals surface area contributed by atoms with E-state index in [9.17, 15) is 9.90 Å². The quantitative estimate of drug-likeness (QED) is 0.773. The molecule has 122 valence electrons. The number of hydrogen-bond acceptors (Lipinski definition) is 2. The monoisotopic (exact) mass is 301 g/mol. The SMILES string of the molecule is CC(C)C1=CC2=C(CC1)[C@@]1(C)CCC[C@@](C)(C(=O)[O-])[C@@H]1CC2. The fraction of sp³-hybridized carbons (Fsp3) is 0.750. The minimum absolute atomic E-state index is 0.0691. The van der Waals surface area contributed by atoms with Crippen LogP contribution in [0.15, 0.2) is 22.8 Å². The van der Waals surface area contributed by atoms with Crippen molar-refractivity contribution in [2.45, 2.75) is 72.6 Å². The van der Waals surface area contributed by atoms with Gasteiger partial charge in [0.25, 0.3) is 0 Å². The highest BCUT2D eigenvalue weighted by molar-refractivity contribution is 5.73. The molecule has 3 aliphatic carbocycles. The van der Waals surface area contributed by atoms with Crippen molar-refractivity contribution < 1.29 is 9.90 Å². The molecule has 3 rings (SSSR count). The average molecular weight is 301 g/mol. The number of carbonyl (C=O) groups excluding carboxylic acids is 1. The summed E-state index contributed by atoms with van der Waals surface area (Å²) < 4.78 is 0. The summed E-state index contributed by atoms with van der Waals surface area (Å²) in [7, 11) is 0. The van der Waals surface area contributed by atoms with E-state index in [1.165, 1.54) is 5.57 Å². The van der Waals surface area contributed by atoms with E-state index in [4.69, 9.17) is 0 Å². The zero-order valence-electron chi connectivity index (χ0n) is 14.5. The van der Waals surface area contributed by atoms with Crippen LogP contribution in [0, 0.1) is 22.7 Å². The number of allylic oxidation sites excluding steroid dienone is 4. The van der Waals surface area contributed by atoms with Gasteiger partial charge >= 0.3 is 0 Å². The minimum atomic E-state index is -0.832. The Morgan fingerprint density at radius 1 is 1.23 bits per heavy atom. The van der Waals surface area contributed by atoms with Gasteiger partial charge in [0.1, 0.15) is 0 Å². The predicted octanol–water partition coefficient (Wildman–Crippen LogP) is 4.02. The van der Waals surface area contributed by atoms with E-state index in [0.29, 0.717) is 5.92 Å². The lowest BCUT2D eigenvalue weighted by Gasteiger charge is -2.57. The molecule has 2 heteroatoms. The normalized spacial score (nSPS) is 38.4. The first-order valence-electron chi connectivity index (χ1n) is 8.93. The van der Waals surface area contributed by atoms with E-state index >= 15 is 0 Å². The zero-order valence-corrected chi connectivity index (χ0v) is 14.5. The van der Waals surface area contributed by atoms with E-state index < -0.39 is 11.4 Å². The van der Waals surface area contributed by atoms with Gasteiger partial charge in [0.05, 0.1) is 0 Å². The van der Waals surface area contributed by atoms with E-state index in [-0.39, 0.29) is 11.3 Å². The summed E-state index contributed by atoms with van der Waals surface area (Å²) >= 11 is 0. The minimum Gasteiger partial charge on any atom is -0.550 e. The molecule has 0 unspecified atom stereocenters. The van der Waals surface area contributed by atoms with Gasteiger partial charge in [0.2, 0.25) is 0 Å². The number of carbonyl (C=O) groups is 1. The Morgan fingerprint density at radius 2 is 1.95 bits per heavy atom. The first-order chi connectivity index (χ1) is 10.3. The lowest BCUT2D eigenvalue weighted by Crippen LogP contribution is -2.54. The van der Waals surface area contributed by atoms with Crippen molar-refractivity contribution >= 4 is 5.97 Å². The summed E-state index contributed by atoms with van der Waals surface area (Å²) in [6.45, 7) is 8.83. The van der Waals surface area contributed by atoms with Crippen LogP contribution in [0.5, 0.6) is 0 Å². The first-order valence-corrected chi connectivity index (χ1v) is 8.93. The second-order valence-corrected chi connectivity index (χ2v) is 8.44. The van der Waals surface area contributed by atoms with Crippen molar-refractivity contribution in [3.8, 4) is 0 Å². The molecule has 3 aliphatic rings. The standard InChI is InChI=1S/C20H30O2/c1-13(2)14-6-8-16-15(12-14)7-9-17-19(16,3)10-5-11-20(17,4)18(21)22/h12-13,17H,5-11H2,1-4H3,(H,21,22)/p-1/t17-,19-,20-/m1/s1. The van der Waals surface area contributed by atoms with Crippen molar-refractivity contribution in [3.63, 3.8) is 0 Å². The van der Waals surface area contributed by atoms with Crippen LogP contribution >= 0.6 is 0 Å². The van der Waals surface area contributed by atoms with E-state index in [0.717, 1.165) is 44.9 Å². The molecule has 0 N–H and O–H groups in total. The van der Waals surface area contributed by atoms with Gasteiger partial charge < -0.3 is 9.90 Å². The number of fused-ring (bicyclic) bond motifs is 2. The van der Waals surface area contributed by atoms with E-state index in [2.05, 4.69) is 26.8 Å². The number of carboxylic acids is 1. The van der Waals surface area contributed by atoms with Crippen LogP contribution in [0.2, 0.25) is 0 Å².